The average molecular weight is 296 g/mol. The Morgan fingerprint density at radius 3 is 2.37 bits per heavy atom. The predicted molar refractivity (Wildman–Crippen MR) is 62.5 cm³/mol. The van der Waals surface area contributed by atoms with Gasteiger partial charge in [0.15, 0.2) is 5.13 Å². The van der Waals surface area contributed by atoms with Gasteiger partial charge in [0, 0.05) is 6.54 Å². The number of alkyl halides is 3. The minimum absolute atomic E-state index is 0.0866. The molecule has 1 N–H and O–H groups in total. The Morgan fingerprint density at radius 1 is 1.42 bits per heavy atom. The molecule has 0 aliphatic heterocycles. The average Bonchev–Trinajstić information content (AvgIpc) is 2.66. The first-order valence-corrected chi connectivity index (χ1v) is 6.09. The normalized spacial score (nSPS) is 11.4. The van der Waals surface area contributed by atoms with E-state index in [1.807, 2.05) is 0 Å². The van der Waals surface area contributed by atoms with E-state index >= 15 is 0 Å². The smallest absolute Gasteiger partial charge is 0.471 e. The Balaban J connectivity index is 3.17. The zero-order chi connectivity index (χ0) is 14.8. The molecule has 1 amide bonds. The van der Waals surface area contributed by atoms with E-state index in [9.17, 15) is 22.8 Å². The van der Waals surface area contributed by atoms with Gasteiger partial charge in [-0.2, -0.15) is 13.2 Å². The van der Waals surface area contributed by atoms with E-state index in [-0.39, 0.29) is 22.2 Å². The van der Waals surface area contributed by atoms with Crippen LogP contribution in [0.25, 0.3) is 0 Å². The summed E-state index contributed by atoms with van der Waals surface area (Å²) in [4.78, 5) is 26.1. The Bertz CT molecular complexity index is 499. The van der Waals surface area contributed by atoms with Crippen molar-refractivity contribution in [3.05, 3.63) is 10.6 Å². The van der Waals surface area contributed by atoms with Crippen LogP contribution in [0.3, 0.4) is 0 Å². The highest BCUT2D eigenvalue weighted by Gasteiger charge is 2.43. The van der Waals surface area contributed by atoms with Crippen molar-refractivity contribution in [3.8, 4) is 0 Å². The van der Waals surface area contributed by atoms with Crippen LogP contribution >= 0.6 is 11.3 Å². The quantitative estimate of drug-likeness (QED) is 0.926. The third-order valence-corrected chi connectivity index (χ3v) is 3.31. The second-order valence-electron chi connectivity index (χ2n) is 3.67. The predicted octanol–water partition coefficient (Wildman–Crippen LogP) is 2.46. The number of amides is 1. The summed E-state index contributed by atoms with van der Waals surface area (Å²) in [6, 6.07) is 0. The molecule has 19 heavy (non-hydrogen) atoms. The fourth-order valence-electron chi connectivity index (χ4n) is 1.36. The van der Waals surface area contributed by atoms with Crippen LogP contribution in [0.2, 0.25) is 0 Å². The molecule has 9 heteroatoms. The van der Waals surface area contributed by atoms with Gasteiger partial charge < -0.3 is 5.11 Å². The molecule has 0 aromatic carbocycles. The summed E-state index contributed by atoms with van der Waals surface area (Å²) in [5.74, 6) is -3.32. The van der Waals surface area contributed by atoms with Gasteiger partial charge in [0.05, 0.1) is 5.69 Å². The van der Waals surface area contributed by atoms with E-state index in [1.165, 1.54) is 6.92 Å². The van der Waals surface area contributed by atoms with Gasteiger partial charge in [-0.1, -0.05) is 18.3 Å². The van der Waals surface area contributed by atoms with Crippen molar-refractivity contribution in [1.29, 1.82) is 0 Å². The molecule has 1 aromatic heterocycles. The Kier molecular flexibility index (Phi) is 4.51. The summed E-state index contributed by atoms with van der Waals surface area (Å²) < 4.78 is 37.3. The number of carboxylic acids is 1. The molecule has 0 bridgehead atoms. The molecule has 0 aliphatic carbocycles. The lowest BCUT2D eigenvalue weighted by Gasteiger charge is -2.20. The monoisotopic (exact) mass is 296 g/mol. The molecule has 0 saturated carbocycles. The molecule has 0 unspecified atom stereocenters. The number of rotatable bonds is 4. The van der Waals surface area contributed by atoms with Gasteiger partial charge in [-0.25, -0.2) is 9.78 Å². The zero-order valence-electron chi connectivity index (χ0n) is 10.1. The van der Waals surface area contributed by atoms with Gasteiger partial charge in [0.2, 0.25) is 0 Å². The fraction of sp³-hybridized carbons (Fsp3) is 0.500. The molecule has 106 valence electrons. The molecule has 0 atom stereocenters. The minimum Gasteiger partial charge on any atom is -0.477 e. The van der Waals surface area contributed by atoms with Gasteiger partial charge in [0.25, 0.3) is 0 Å². The number of carbonyl (C=O) groups excluding carboxylic acids is 1. The van der Waals surface area contributed by atoms with Crippen LogP contribution in [0.4, 0.5) is 18.3 Å². The van der Waals surface area contributed by atoms with Crippen LogP contribution in [0, 0.1) is 6.92 Å². The van der Waals surface area contributed by atoms with Crippen molar-refractivity contribution in [2.45, 2.75) is 26.4 Å². The number of carboxylic acid groups (broad SMARTS) is 1. The van der Waals surface area contributed by atoms with Gasteiger partial charge >= 0.3 is 18.1 Å². The highest BCUT2D eigenvalue weighted by molar-refractivity contribution is 7.17. The fourth-order valence-corrected chi connectivity index (χ4v) is 2.29. The van der Waals surface area contributed by atoms with Crippen LogP contribution in [0.5, 0.6) is 0 Å². The standard InChI is InChI=1S/C10H11F3N2O3S/c1-3-4-15(8(18)10(11,12)13)9-14-5(2)6(19-9)7(16)17/h3-4H2,1-2H3,(H,16,17). The van der Waals surface area contributed by atoms with Gasteiger partial charge in [-0.3, -0.25) is 9.69 Å². The number of nitrogens with zero attached hydrogens (tertiary/aromatic N) is 2. The third kappa shape index (κ3) is 3.43. The molecule has 0 fully saturated rings. The van der Waals surface area contributed by atoms with E-state index in [0.29, 0.717) is 22.7 Å². The van der Waals surface area contributed by atoms with Crippen molar-refractivity contribution in [1.82, 2.24) is 4.98 Å². The number of aromatic nitrogens is 1. The topological polar surface area (TPSA) is 70.5 Å². The van der Waals surface area contributed by atoms with Gasteiger partial charge in [-0.05, 0) is 13.3 Å². The second-order valence-corrected chi connectivity index (χ2v) is 4.65. The number of hydrogen-bond acceptors (Lipinski definition) is 4. The molecule has 5 nitrogen and oxygen atoms in total. The number of aromatic carboxylic acids is 1. The summed E-state index contributed by atoms with van der Waals surface area (Å²) >= 11 is 0.555. The van der Waals surface area contributed by atoms with E-state index in [0.717, 1.165) is 0 Å². The minimum atomic E-state index is -5.02. The summed E-state index contributed by atoms with van der Waals surface area (Å²) in [5.41, 5.74) is 0.0866. The number of hydrogen-bond donors (Lipinski definition) is 1. The van der Waals surface area contributed by atoms with Crippen LogP contribution in [-0.4, -0.2) is 34.7 Å². The first-order chi connectivity index (χ1) is 8.68. The van der Waals surface area contributed by atoms with Crippen LogP contribution in [0.1, 0.15) is 28.7 Å². The molecule has 0 radical (unpaired) electrons. The van der Waals surface area contributed by atoms with Crippen LogP contribution in [0.15, 0.2) is 0 Å². The number of aryl methyl sites for hydroxylation is 1. The Labute approximate surface area is 110 Å². The van der Waals surface area contributed by atoms with Gasteiger partial charge in [-0.15, -0.1) is 0 Å². The Morgan fingerprint density at radius 2 is 2.00 bits per heavy atom. The molecule has 0 saturated heterocycles. The largest absolute Gasteiger partial charge is 0.477 e. The van der Waals surface area contributed by atoms with E-state index < -0.39 is 18.1 Å². The van der Waals surface area contributed by atoms with Crippen molar-refractivity contribution >= 4 is 28.3 Å². The Hall–Kier alpha value is -1.64. The van der Waals surface area contributed by atoms with Crippen molar-refractivity contribution in [2.24, 2.45) is 0 Å². The maximum Gasteiger partial charge on any atom is 0.471 e. The van der Waals surface area contributed by atoms with Gasteiger partial charge in [0.1, 0.15) is 4.88 Å². The highest BCUT2D eigenvalue weighted by Crippen LogP contribution is 2.29. The molecule has 0 aliphatic rings. The van der Waals surface area contributed by atoms with Crippen LogP contribution < -0.4 is 4.90 Å². The van der Waals surface area contributed by atoms with Crippen molar-refractivity contribution < 1.29 is 27.9 Å². The third-order valence-electron chi connectivity index (χ3n) is 2.15. The summed E-state index contributed by atoms with van der Waals surface area (Å²) in [6.07, 6.45) is -4.72. The van der Waals surface area contributed by atoms with Crippen LogP contribution in [-0.2, 0) is 4.79 Å². The van der Waals surface area contributed by atoms with E-state index in [4.69, 9.17) is 5.11 Å². The number of thiazole rings is 1. The second kappa shape index (κ2) is 5.55. The highest BCUT2D eigenvalue weighted by atomic mass is 32.1. The van der Waals surface area contributed by atoms with Crippen molar-refractivity contribution in [3.63, 3.8) is 0 Å². The summed E-state index contributed by atoms with van der Waals surface area (Å²) in [6.45, 7) is 2.80. The summed E-state index contributed by atoms with van der Waals surface area (Å²) in [7, 11) is 0. The van der Waals surface area contributed by atoms with Crippen molar-refractivity contribution in [2.75, 3.05) is 11.4 Å². The molecule has 0 spiro atoms. The number of carbonyl (C=O) groups is 2. The molecule has 1 rings (SSSR count). The lowest BCUT2D eigenvalue weighted by atomic mass is 10.4. The van der Waals surface area contributed by atoms with E-state index in [2.05, 4.69) is 4.98 Å². The first kappa shape index (κ1) is 15.4. The number of anilines is 1. The molecular formula is C10H11F3N2O3S. The lowest BCUT2D eigenvalue weighted by molar-refractivity contribution is -0.170. The lowest BCUT2D eigenvalue weighted by Crippen LogP contribution is -2.41. The first-order valence-electron chi connectivity index (χ1n) is 5.27. The maximum absolute atomic E-state index is 12.4. The van der Waals surface area contributed by atoms with E-state index in [1.54, 1.807) is 6.92 Å². The SMILES string of the molecule is CCCN(C(=O)C(F)(F)F)c1nc(C)c(C(=O)O)s1. The molecular weight excluding hydrogens is 285 g/mol. The number of halogens is 3. The maximum atomic E-state index is 12.4. The molecule has 1 aromatic rings. The summed E-state index contributed by atoms with van der Waals surface area (Å²) in [5, 5.41) is 8.58. The molecule has 1 heterocycles. The zero-order valence-corrected chi connectivity index (χ0v) is 10.9.